The maximum Gasteiger partial charge on any atom is 0.305 e. The molecule has 0 heterocycles. The number of benzene rings is 2. The van der Waals surface area contributed by atoms with Crippen molar-refractivity contribution in [1.29, 1.82) is 0 Å². The fourth-order valence-electron chi connectivity index (χ4n) is 3.77. The van der Waals surface area contributed by atoms with Crippen LogP contribution in [0.1, 0.15) is 48.7 Å². The van der Waals surface area contributed by atoms with E-state index in [0.29, 0.717) is 16.9 Å². The summed E-state index contributed by atoms with van der Waals surface area (Å²) in [4.78, 5) is 62.0. The third kappa shape index (κ3) is 9.63. The second-order valence-electron chi connectivity index (χ2n) is 9.37. The van der Waals surface area contributed by atoms with Crippen LogP contribution in [0.25, 0.3) is 0 Å². The minimum atomic E-state index is -1.36. The molecule has 0 saturated carbocycles. The third-order valence-electron chi connectivity index (χ3n) is 5.94. The predicted octanol–water partition coefficient (Wildman–Crippen LogP) is 3.84. The summed E-state index contributed by atoms with van der Waals surface area (Å²) in [6.07, 6.45) is -0.854. The molecule has 2 aromatic carbocycles. The summed E-state index contributed by atoms with van der Waals surface area (Å²) in [5.74, 6) is -3.99. The molecule has 0 aliphatic carbocycles. The molecule has 216 valence electrons. The molecule has 9 nitrogen and oxygen atoms in total. The van der Waals surface area contributed by atoms with Crippen LogP contribution in [0, 0.1) is 11.7 Å². The van der Waals surface area contributed by atoms with Gasteiger partial charge in [0, 0.05) is 27.5 Å². The van der Waals surface area contributed by atoms with Gasteiger partial charge in [-0.15, -0.1) is 11.8 Å². The van der Waals surface area contributed by atoms with Crippen LogP contribution in [0.3, 0.4) is 0 Å². The summed E-state index contributed by atoms with van der Waals surface area (Å²) in [5.41, 5.74) is 1.06. The Bertz CT molecular complexity index is 1250. The number of hydrogen-bond acceptors (Lipinski definition) is 7. The first-order valence-electron chi connectivity index (χ1n) is 12.4. The Morgan fingerprint density at radius 1 is 1.10 bits per heavy atom. The first-order valence-corrected chi connectivity index (χ1v) is 13.9. The summed E-state index contributed by atoms with van der Waals surface area (Å²) in [7, 11) is 1.43. The molecule has 0 aliphatic heterocycles. The maximum absolute atomic E-state index is 14.0. The number of halogens is 2. The van der Waals surface area contributed by atoms with E-state index >= 15 is 0 Å². The molecule has 0 spiro atoms. The molecule has 0 radical (unpaired) electrons. The Balaban J connectivity index is 2.09. The van der Waals surface area contributed by atoms with Crippen molar-refractivity contribution in [1.82, 2.24) is 10.6 Å². The van der Waals surface area contributed by atoms with Crippen LogP contribution >= 0.6 is 23.4 Å². The molecule has 2 rings (SSSR count). The SMILES string of the molecule is COc1ccc(C(C)=O)cc1CC(=O)N[C@H](C(=O)N[C@@H](CC(=O)O)C(=O)CSCc1c(F)cccc1Cl)C(C)C. The molecule has 0 unspecified atom stereocenters. The number of methoxy groups -OCH3 is 1. The van der Waals surface area contributed by atoms with Crippen molar-refractivity contribution in [3.8, 4) is 5.75 Å². The Morgan fingerprint density at radius 3 is 2.38 bits per heavy atom. The van der Waals surface area contributed by atoms with E-state index in [1.807, 2.05) is 0 Å². The summed E-state index contributed by atoms with van der Waals surface area (Å²) in [5, 5.41) is 14.6. The first-order chi connectivity index (χ1) is 18.8. The number of nitrogens with one attached hydrogen (secondary N) is 2. The Labute approximate surface area is 241 Å². The number of rotatable bonds is 15. The van der Waals surface area contributed by atoms with Crippen LogP contribution in [0.2, 0.25) is 5.02 Å². The van der Waals surface area contributed by atoms with Crippen molar-refractivity contribution in [2.45, 2.75) is 51.4 Å². The third-order valence-corrected chi connectivity index (χ3v) is 7.28. The van der Waals surface area contributed by atoms with Crippen molar-refractivity contribution < 1.29 is 38.2 Å². The van der Waals surface area contributed by atoms with E-state index in [-0.39, 0.29) is 34.3 Å². The minimum absolute atomic E-state index is 0.0734. The van der Waals surface area contributed by atoms with E-state index in [4.69, 9.17) is 16.3 Å². The van der Waals surface area contributed by atoms with E-state index in [1.54, 1.807) is 32.0 Å². The second-order valence-corrected chi connectivity index (χ2v) is 10.8. The number of thioether (sulfide) groups is 1. The number of Topliss-reactive ketones (excluding diaryl/α,β-unsaturated/α-hetero) is 2. The van der Waals surface area contributed by atoms with Gasteiger partial charge in [-0.2, -0.15) is 0 Å². The van der Waals surface area contributed by atoms with E-state index in [9.17, 15) is 33.5 Å². The summed E-state index contributed by atoms with van der Waals surface area (Å²) >= 11 is 7.05. The van der Waals surface area contributed by atoms with Gasteiger partial charge in [-0.25, -0.2) is 4.39 Å². The quantitative estimate of drug-likeness (QED) is 0.264. The van der Waals surface area contributed by atoms with Crippen molar-refractivity contribution in [2.24, 2.45) is 5.92 Å². The van der Waals surface area contributed by atoms with Crippen LogP contribution in [-0.2, 0) is 31.4 Å². The van der Waals surface area contributed by atoms with Crippen molar-refractivity contribution >= 4 is 52.7 Å². The number of carbonyl (C=O) groups is 5. The average molecular weight is 595 g/mol. The number of aliphatic carboxylic acids is 1. The summed E-state index contributed by atoms with van der Waals surface area (Å²) < 4.78 is 19.3. The molecule has 12 heteroatoms. The highest BCUT2D eigenvalue weighted by atomic mass is 35.5. The molecule has 0 bridgehead atoms. The fourth-order valence-corrected chi connectivity index (χ4v) is 5.09. The Hall–Kier alpha value is -3.44. The molecule has 0 fully saturated rings. The van der Waals surface area contributed by atoms with Crippen LogP contribution in [0.5, 0.6) is 5.75 Å². The maximum atomic E-state index is 14.0. The van der Waals surface area contributed by atoms with Crippen LogP contribution in [0.15, 0.2) is 36.4 Å². The van der Waals surface area contributed by atoms with Gasteiger partial charge >= 0.3 is 5.97 Å². The minimum Gasteiger partial charge on any atom is -0.496 e. The molecule has 3 N–H and O–H groups in total. The smallest absolute Gasteiger partial charge is 0.305 e. The molecule has 0 aliphatic rings. The van der Waals surface area contributed by atoms with Crippen molar-refractivity contribution in [3.05, 3.63) is 63.9 Å². The second kappa shape index (κ2) is 15.4. The van der Waals surface area contributed by atoms with Gasteiger partial charge in [0.15, 0.2) is 11.6 Å². The average Bonchev–Trinajstić information content (AvgIpc) is 2.87. The van der Waals surface area contributed by atoms with Crippen molar-refractivity contribution in [3.63, 3.8) is 0 Å². The fraction of sp³-hybridized carbons (Fsp3) is 0.393. The number of carboxylic acids is 1. The Kier molecular flexibility index (Phi) is 12.6. The number of carbonyl (C=O) groups excluding carboxylic acids is 4. The van der Waals surface area contributed by atoms with E-state index in [2.05, 4.69) is 10.6 Å². The topological polar surface area (TPSA) is 139 Å². The van der Waals surface area contributed by atoms with Crippen molar-refractivity contribution in [2.75, 3.05) is 12.9 Å². The zero-order valence-corrected chi connectivity index (χ0v) is 24.2. The molecular formula is C28H32ClFN2O7S. The lowest BCUT2D eigenvalue weighted by Crippen LogP contribution is -2.54. The first kappa shape index (κ1) is 32.8. The lowest BCUT2D eigenvalue weighted by molar-refractivity contribution is -0.140. The highest BCUT2D eigenvalue weighted by Crippen LogP contribution is 2.24. The highest BCUT2D eigenvalue weighted by molar-refractivity contribution is 7.99. The molecule has 2 aromatic rings. The number of carboxylic acid groups (broad SMARTS) is 1. The van der Waals surface area contributed by atoms with Gasteiger partial charge in [0.2, 0.25) is 11.8 Å². The van der Waals surface area contributed by atoms with Gasteiger partial charge in [0.1, 0.15) is 17.6 Å². The Morgan fingerprint density at radius 2 is 1.80 bits per heavy atom. The van der Waals surface area contributed by atoms with E-state index < -0.39 is 53.8 Å². The zero-order valence-electron chi connectivity index (χ0n) is 22.6. The molecule has 40 heavy (non-hydrogen) atoms. The summed E-state index contributed by atoms with van der Waals surface area (Å²) in [6.45, 7) is 4.76. The number of hydrogen-bond donors (Lipinski definition) is 3. The normalized spacial score (nSPS) is 12.4. The van der Waals surface area contributed by atoms with Gasteiger partial charge in [-0.1, -0.05) is 31.5 Å². The molecule has 2 atom stereocenters. The highest BCUT2D eigenvalue weighted by Gasteiger charge is 2.30. The van der Waals surface area contributed by atoms with Gasteiger partial charge in [0.25, 0.3) is 0 Å². The lowest BCUT2D eigenvalue weighted by atomic mass is 10.0. The largest absolute Gasteiger partial charge is 0.496 e. The monoisotopic (exact) mass is 594 g/mol. The molecule has 0 aromatic heterocycles. The predicted molar refractivity (Wildman–Crippen MR) is 150 cm³/mol. The van der Waals surface area contributed by atoms with Crippen LogP contribution in [0.4, 0.5) is 4.39 Å². The number of ketones is 2. The summed E-state index contributed by atoms with van der Waals surface area (Å²) in [6, 6.07) is 6.47. The lowest BCUT2D eigenvalue weighted by Gasteiger charge is -2.25. The van der Waals surface area contributed by atoms with Gasteiger partial charge in [-0.05, 0) is 43.2 Å². The van der Waals surface area contributed by atoms with Gasteiger partial charge in [-0.3, -0.25) is 24.0 Å². The molecular weight excluding hydrogens is 563 g/mol. The van der Waals surface area contributed by atoms with Crippen LogP contribution in [-0.4, -0.2) is 59.4 Å². The molecule has 2 amide bonds. The standard InChI is InChI=1S/C28H32ClFN2O7S/c1-15(2)27(32-25(35)11-18-10-17(16(3)33)8-9-24(18)39-4)28(38)31-22(12-26(36)37)23(34)14-40-13-19-20(29)6-5-7-21(19)30/h5-10,15,22,27H,11-14H2,1-4H3,(H,31,38)(H,32,35)(H,36,37)/t22-,27-/m0/s1. The van der Waals surface area contributed by atoms with Gasteiger partial charge in [0.05, 0.1) is 31.7 Å². The zero-order chi connectivity index (χ0) is 30.0. The van der Waals surface area contributed by atoms with Gasteiger partial charge < -0.3 is 20.5 Å². The van der Waals surface area contributed by atoms with E-state index in [0.717, 1.165) is 11.8 Å². The number of amides is 2. The van der Waals surface area contributed by atoms with E-state index in [1.165, 1.54) is 32.2 Å². The van der Waals surface area contributed by atoms with Crippen LogP contribution < -0.4 is 15.4 Å². The molecule has 0 saturated heterocycles. The number of ether oxygens (including phenoxy) is 1.